The molecule has 7 heteroatoms. The van der Waals surface area contributed by atoms with Gasteiger partial charge in [-0.05, 0) is 59.7 Å². The molecule has 30 heavy (non-hydrogen) atoms. The molecular weight excluding hydrogens is 382 g/mol. The summed E-state index contributed by atoms with van der Waals surface area (Å²) in [7, 11) is 0. The number of amides is 2. The number of hydrogen-bond acceptors (Lipinski definition) is 6. The first-order valence-corrected chi connectivity index (χ1v) is 10.7. The van der Waals surface area contributed by atoms with Gasteiger partial charge in [0.25, 0.3) is 0 Å². The summed E-state index contributed by atoms with van der Waals surface area (Å²) < 4.78 is 11.5. The third kappa shape index (κ3) is 3.04. The lowest BCUT2D eigenvalue weighted by Crippen LogP contribution is -2.39. The second-order valence-electron chi connectivity index (χ2n) is 8.76. The van der Waals surface area contributed by atoms with Gasteiger partial charge in [0.1, 0.15) is 18.1 Å². The van der Waals surface area contributed by atoms with E-state index in [-0.39, 0.29) is 11.8 Å². The van der Waals surface area contributed by atoms with Crippen LogP contribution in [0.4, 0.5) is 0 Å². The zero-order valence-corrected chi connectivity index (χ0v) is 16.6. The van der Waals surface area contributed by atoms with Crippen LogP contribution in [0.2, 0.25) is 0 Å². The van der Waals surface area contributed by atoms with Crippen LogP contribution in [0.5, 0.6) is 5.75 Å². The van der Waals surface area contributed by atoms with Crippen LogP contribution >= 0.6 is 0 Å². The van der Waals surface area contributed by atoms with E-state index < -0.39 is 5.92 Å². The molecule has 3 aliphatic rings. The maximum absolute atomic E-state index is 12.3. The van der Waals surface area contributed by atoms with Crippen LogP contribution in [-0.4, -0.2) is 48.1 Å². The molecule has 3 atom stereocenters. The van der Waals surface area contributed by atoms with Gasteiger partial charge in [-0.3, -0.25) is 19.8 Å². The highest BCUT2D eigenvalue weighted by Gasteiger charge is 2.44. The first kappa shape index (κ1) is 17.9. The maximum Gasteiger partial charge on any atom is 0.235 e. The Bertz CT molecular complexity index is 1160. The number of rotatable bonds is 5. The Balaban J connectivity index is 1.25. The number of nitrogens with zero attached hydrogens (tertiary/aromatic N) is 2. The third-order valence-corrected chi connectivity index (χ3v) is 6.75. The summed E-state index contributed by atoms with van der Waals surface area (Å²) in [5.41, 5.74) is 1.24. The summed E-state index contributed by atoms with van der Waals surface area (Å²) in [4.78, 5) is 26.3. The summed E-state index contributed by atoms with van der Waals surface area (Å²) in [5.74, 6) is 1.70. The number of carbonyl (C=O) groups is 2. The van der Waals surface area contributed by atoms with E-state index in [1.54, 1.807) is 0 Å². The van der Waals surface area contributed by atoms with E-state index in [0.29, 0.717) is 30.7 Å². The summed E-state index contributed by atoms with van der Waals surface area (Å²) in [5, 5.41) is 9.42. The Morgan fingerprint density at radius 2 is 2.03 bits per heavy atom. The Morgan fingerprint density at radius 1 is 1.17 bits per heavy atom. The van der Waals surface area contributed by atoms with E-state index in [2.05, 4.69) is 15.4 Å². The zero-order valence-electron chi connectivity index (χ0n) is 16.6. The molecule has 0 bridgehead atoms. The molecule has 2 amide bonds. The van der Waals surface area contributed by atoms with Gasteiger partial charge in [0.15, 0.2) is 5.58 Å². The first-order chi connectivity index (χ1) is 14.7. The van der Waals surface area contributed by atoms with Crippen molar-refractivity contribution >= 4 is 33.6 Å². The normalized spacial score (nSPS) is 26.2. The number of carbonyl (C=O) groups excluding carboxylic acids is 2. The number of ether oxygens (including phenoxy) is 1. The van der Waals surface area contributed by atoms with Crippen molar-refractivity contribution in [2.75, 3.05) is 26.2 Å². The van der Waals surface area contributed by atoms with Gasteiger partial charge >= 0.3 is 0 Å². The fourth-order valence-corrected chi connectivity index (χ4v) is 5.02. The van der Waals surface area contributed by atoms with Gasteiger partial charge in [-0.2, -0.15) is 0 Å². The van der Waals surface area contributed by atoms with Gasteiger partial charge in [0.05, 0.1) is 11.3 Å². The number of hydrogen-bond donors (Lipinski definition) is 1. The van der Waals surface area contributed by atoms with E-state index in [0.717, 1.165) is 40.3 Å². The number of aromatic nitrogens is 1. The smallest absolute Gasteiger partial charge is 0.235 e. The zero-order chi connectivity index (χ0) is 20.2. The average Bonchev–Trinajstić information content (AvgIpc) is 3.14. The fourth-order valence-electron chi connectivity index (χ4n) is 5.02. The Labute approximate surface area is 173 Å². The third-order valence-electron chi connectivity index (χ3n) is 6.75. The average molecular weight is 405 g/mol. The van der Waals surface area contributed by atoms with Crippen molar-refractivity contribution in [3.05, 3.63) is 36.0 Å². The number of benzene rings is 2. The fraction of sp³-hybridized carbons (Fsp3) is 0.435. The van der Waals surface area contributed by atoms with Gasteiger partial charge in [0.2, 0.25) is 11.8 Å². The van der Waals surface area contributed by atoms with Crippen molar-refractivity contribution in [2.24, 2.45) is 11.8 Å². The number of imide groups is 1. The van der Waals surface area contributed by atoms with Crippen molar-refractivity contribution in [2.45, 2.75) is 25.2 Å². The lowest BCUT2D eigenvalue weighted by Gasteiger charge is -2.19. The summed E-state index contributed by atoms with van der Waals surface area (Å²) >= 11 is 0. The summed E-state index contributed by atoms with van der Waals surface area (Å²) in [6.45, 7) is 4.10. The van der Waals surface area contributed by atoms with E-state index in [1.807, 2.05) is 30.3 Å². The van der Waals surface area contributed by atoms with Gasteiger partial charge in [-0.1, -0.05) is 11.2 Å². The highest BCUT2D eigenvalue weighted by atomic mass is 16.5. The molecule has 3 heterocycles. The second kappa shape index (κ2) is 6.80. The van der Waals surface area contributed by atoms with Crippen molar-refractivity contribution in [3.63, 3.8) is 0 Å². The van der Waals surface area contributed by atoms with E-state index in [4.69, 9.17) is 9.26 Å². The minimum atomic E-state index is -0.475. The minimum Gasteiger partial charge on any atom is -0.492 e. The quantitative estimate of drug-likeness (QED) is 0.657. The molecule has 2 saturated heterocycles. The Kier molecular flexibility index (Phi) is 4.06. The van der Waals surface area contributed by atoms with Crippen LogP contribution in [0.3, 0.4) is 0 Å². The molecule has 7 nitrogen and oxygen atoms in total. The van der Waals surface area contributed by atoms with Crippen molar-refractivity contribution in [3.8, 4) is 5.75 Å². The molecule has 3 unspecified atom stereocenters. The molecule has 154 valence electrons. The molecule has 0 radical (unpaired) electrons. The van der Waals surface area contributed by atoms with Crippen LogP contribution in [0.1, 0.15) is 30.9 Å². The van der Waals surface area contributed by atoms with Gasteiger partial charge in [-0.25, -0.2) is 0 Å². The molecule has 1 N–H and O–H groups in total. The molecule has 3 aromatic rings. The van der Waals surface area contributed by atoms with Crippen molar-refractivity contribution < 1.29 is 18.8 Å². The van der Waals surface area contributed by atoms with Gasteiger partial charge < -0.3 is 9.26 Å². The standard InChI is InChI=1S/C23H23N3O4/c27-20-6-4-18(23(28)24-20)22-21-17-3-2-16(10-13(17)1-5-19(21)30-25-22)29-8-7-26-11-14-9-15(14)12-26/h1-3,5,10,14-15,18H,4,6-9,11-12H2,(H,24,27,28). The van der Waals surface area contributed by atoms with Crippen LogP contribution in [0.15, 0.2) is 34.9 Å². The van der Waals surface area contributed by atoms with Crippen LogP contribution in [0.25, 0.3) is 21.7 Å². The largest absolute Gasteiger partial charge is 0.492 e. The van der Waals surface area contributed by atoms with Gasteiger partial charge in [0, 0.05) is 26.1 Å². The van der Waals surface area contributed by atoms with Gasteiger partial charge in [-0.15, -0.1) is 0 Å². The predicted octanol–water partition coefficient (Wildman–Crippen LogP) is 2.83. The lowest BCUT2D eigenvalue weighted by atomic mass is 9.91. The van der Waals surface area contributed by atoms with Crippen LogP contribution < -0.4 is 10.1 Å². The van der Waals surface area contributed by atoms with Crippen molar-refractivity contribution in [1.29, 1.82) is 0 Å². The van der Waals surface area contributed by atoms with Crippen LogP contribution in [0, 0.1) is 11.8 Å². The second-order valence-corrected chi connectivity index (χ2v) is 8.76. The Morgan fingerprint density at radius 3 is 2.87 bits per heavy atom. The lowest BCUT2D eigenvalue weighted by molar-refractivity contribution is -0.134. The molecule has 1 saturated carbocycles. The van der Waals surface area contributed by atoms with E-state index >= 15 is 0 Å². The SMILES string of the molecule is O=C1CCC(c2noc3ccc4cc(OCCN5CC6CC6C5)ccc4c23)C(=O)N1. The molecule has 2 aromatic carbocycles. The number of nitrogens with one attached hydrogen (secondary N) is 1. The predicted molar refractivity (Wildman–Crippen MR) is 110 cm³/mol. The molecule has 1 aromatic heterocycles. The minimum absolute atomic E-state index is 0.235. The molecule has 3 fully saturated rings. The summed E-state index contributed by atoms with van der Waals surface area (Å²) in [6.07, 6.45) is 2.17. The first-order valence-electron chi connectivity index (χ1n) is 10.7. The Hall–Kier alpha value is -2.93. The number of piperidine rings is 2. The number of likely N-dealkylation sites (tertiary alicyclic amines) is 1. The van der Waals surface area contributed by atoms with Crippen LogP contribution in [-0.2, 0) is 9.59 Å². The van der Waals surface area contributed by atoms with E-state index in [1.165, 1.54) is 19.5 Å². The highest BCUT2D eigenvalue weighted by molar-refractivity contribution is 6.10. The molecule has 2 aliphatic heterocycles. The molecular formula is C23H23N3O4. The van der Waals surface area contributed by atoms with Crippen molar-refractivity contribution in [1.82, 2.24) is 15.4 Å². The monoisotopic (exact) mass is 405 g/mol. The molecule has 0 spiro atoms. The topological polar surface area (TPSA) is 84.7 Å². The summed E-state index contributed by atoms with van der Waals surface area (Å²) in [6, 6.07) is 9.85. The molecule has 1 aliphatic carbocycles. The van der Waals surface area contributed by atoms with E-state index in [9.17, 15) is 9.59 Å². The maximum atomic E-state index is 12.3. The number of fused-ring (bicyclic) bond motifs is 4. The highest BCUT2D eigenvalue weighted by Crippen LogP contribution is 2.44. The molecule has 6 rings (SSSR count).